The second-order valence-corrected chi connectivity index (χ2v) is 5.15. The van der Waals surface area contributed by atoms with Crippen LogP contribution in [0.5, 0.6) is 0 Å². The molecule has 2 fully saturated rings. The summed E-state index contributed by atoms with van der Waals surface area (Å²) in [6, 6.07) is 2.09. The maximum atomic E-state index is 11.4. The van der Waals surface area contributed by atoms with Gasteiger partial charge in [-0.05, 0) is 30.5 Å². The summed E-state index contributed by atoms with van der Waals surface area (Å²) in [5, 5.41) is 4.69. The van der Waals surface area contributed by atoms with Crippen LogP contribution in [0.25, 0.3) is 6.08 Å². The van der Waals surface area contributed by atoms with Crippen LogP contribution in [0.15, 0.2) is 24.2 Å². The van der Waals surface area contributed by atoms with Gasteiger partial charge in [0.15, 0.2) is 0 Å². The largest absolute Gasteiger partial charge is 0.351 e. The summed E-state index contributed by atoms with van der Waals surface area (Å²) in [5.74, 6) is -0.365. The van der Waals surface area contributed by atoms with Crippen molar-refractivity contribution in [3.05, 3.63) is 29.7 Å². The normalized spacial score (nSPS) is 22.6. The SMILES string of the molecule is O=C1NC(=O)/C(=C/c2ccn(C3CCCCC3)c2)N1. The molecule has 0 radical (unpaired) electrons. The summed E-state index contributed by atoms with van der Waals surface area (Å²) in [4.78, 5) is 22.4. The lowest BCUT2D eigenvalue weighted by Gasteiger charge is -2.23. The first-order valence-electron chi connectivity index (χ1n) is 6.74. The highest BCUT2D eigenvalue weighted by molar-refractivity contribution is 6.13. The van der Waals surface area contributed by atoms with Gasteiger partial charge in [0, 0.05) is 18.4 Å². The lowest BCUT2D eigenvalue weighted by molar-refractivity contribution is -0.115. The second-order valence-electron chi connectivity index (χ2n) is 5.15. The summed E-state index contributed by atoms with van der Waals surface area (Å²) in [6.45, 7) is 0. The summed E-state index contributed by atoms with van der Waals surface area (Å²) in [7, 11) is 0. The third-order valence-electron chi connectivity index (χ3n) is 3.76. The molecule has 1 aromatic rings. The van der Waals surface area contributed by atoms with Gasteiger partial charge in [-0.25, -0.2) is 4.79 Å². The van der Waals surface area contributed by atoms with Crippen molar-refractivity contribution in [2.45, 2.75) is 38.1 Å². The van der Waals surface area contributed by atoms with Crippen LogP contribution in [-0.2, 0) is 4.79 Å². The highest BCUT2D eigenvalue weighted by Crippen LogP contribution is 2.28. The highest BCUT2D eigenvalue weighted by atomic mass is 16.2. The number of aromatic nitrogens is 1. The molecule has 3 amide bonds. The van der Waals surface area contributed by atoms with Crippen LogP contribution in [0.4, 0.5) is 4.79 Å². The molecule has 2 N–H and O–H groups in total. The number of hydrogen-bond acceptors (Lipinski definition) is 2. The molecule has 5 nitrogen and oxygen atoms in total. The lowest BCUT2D eigenvalue weighted by atomic mass is 9.95. The van der Waals surface area contributed by atoms with Crippen molar-refractivity contribution < 1.29 is 9.59 Å². The molecule has 0 atom stereocenters. The monoisotopic (exact) mass is 259 g/mol. The third kappa shape index (κ3) is 2.54. The van der Waals surface area contributed by atoms with E-state index < -0.39 is 6.03 Å². The minimum Gasteiger partial charge on any atom is -0.351 e. The Hall–Kier alpha value is -2.04. The standard InChI is InChI=1S/C14H17N3O2/c18-13-12(15-14(19)16-13)8-10-6-7-17(9-10)11-4-2-1-3-5-11/h6-9,11H,1-5H2,(H2,15,16,18,19)/b12-8-. The summed E-state index contributed by atoms with van der Waals surface area (Å²) < 4.78 is 2.22. The van der Waals surface area contributed by atoms with Crippen molar-refractivity contribution in [1.29, 1.82) is 0 Å². The smallest absolute Gasteiger partial charge is 0.326 e. The van der Waals surface area contributed by atoms with Gasteiger partial charge >= 0.3 is 6.03 Å². The van der Waals surface area contributed by atoms with Gasteiger partial charge in [-0.3, -0.25) is 10.1 Å². The Bertz CT molecular complexity index is 539. The first-order chi connectivity index (χ1) is 9.22. The quantitative estimate of drug-likeness (QED) is 0.631. The van der Waals surface area contributed by atoms with Gasteiger partial charge in [0.25, 0.3) is 5.91 Å². The van der Waals surface area contributed by atoms with Gasteiger partial charge < -0.3 is 9.88 Å². The van der Waals surface area contributed by atoms with E-state index in [9.17, 15) is 9.59 Å². The van der Waals surface area contributed by atoms with Crippen molar-refractivity contribution in [2.24, 2.45) is 0 Å². The van der Waals surface area contributed by atoms with Crippen LogP contribution < -0.4 is 10.6 Å². The number of urea groups is 1. The number of carbonyl (C=O) groups is 2. The predicted octanol–water partition coefficient (Wildman–Crippen LogP) is 2.17. The van der Waals surface area contributed by atoms with Crippen LogP contribution in [0.1, 0.15) is 43.7 Å². The number of rotatable bonds is 2. The van der Waals surface area contributed by atoms with Crippen molar-refractivity contribution in [2.75, 3.05) is 0 Å². The number of nitrogens with one attached hydrogen (secondary N) is 2. The van der Waals surface area contributed by atoms with Crippen LogP contribution in [0.2, 0.25) is 0 Å². The number of nitrogens with zero attached hydrogens (tertiary/aromatic N) is 1. The van der Waals surface area contributed by atoms with Crippen molar-refractivity contribution in [1.82, 2.24) is 15.2 Å². The molecular weight excluding hydrogens is 242 g/mol. The average Bonchev–Trinajstić information content (AvgIpc) is 2.99. The van der Waals surface area contributed by atoms with Crippen LogP contribution in [0, 0.1) is 0 Å². The summed E-state index contributed by atoms with van der Waals surface area (Å²) in [5.41, 5.74) is 1.25. The minimum atomic E-state index is -0.456. The second kappa shape index (κ2) is 4.91. The Balaban J connectivity index is 1.76. The minimum absolute atomic E-state index is 0.311. The van der Waals surface area contributed by atoms with E-state index in [-0.39, 0.29) is 5.91 Å². The number of carbonyl (C=O) groups excluding carboxylic acids is 2. The lowest BCUT2D eigenvalue weighted by Crippen LogP contribution is -2.22. The molecular formula is C14H17N3O2. The number of hydrogen-bond donors (Lipinski definition) is 2. The van der Waals surface area contributed by atoms with Gasteiger partial charge in [0.2, 0.25) is 0 Å². The van der Waals surface area contributed by atoms with Gasteiger partial charge in [-0.15, -0.1) is 0 Å². The molecule has 2 heterocycles. The van der Waals surface area contributed by atoms with E-state index >= 15 is 0 Å². The van der Waals surface area contributed by atoms with E-state index in [1.165, 1.54) is 32.1 Å². The molecule has 0 spiro atoms. The van der Waals surface area contributed by atoms with Gasteiger partial charge in [-0.1, -0.05) is 19.3 Å². The number of imide groups is 1. The molecule has 2 aliphatic rings. The molecule has 19 heavy (non-hydrogen) atoms. The van der Waals surface area contributed by atoms with Crippen molar-refractivity contribution in [3.8, 4) is 0 Å². The zero-order chi connectivity index (χ0) is 13.2. The fraction of sp³-hybridized carbons (Fsp3) is 0.429. The molecule has 1 aliphatic heterocycles. The van der Waals surface area contributed by atoms with Crippen LogP contribution in [0.3, 0.4) is 0 Å². The molecule has 5 heteroatoms. The van der Waals surface area contributed by atoms with Crippen molar-refractivity contribution >= 4 is 18.0 Å². The van der Waals surface area contributed by atoms with Crippen LogP contribution in [-0.4, -0.2) is 16.5 Å². The van der Waals surface area contributed by atoms with E-state index in [4.69, 9.17) is 0 Å². The topological polar surface area (TPSA) is 63.1 Å². The van der Waals surface area contributed by atoms with Gasteiger partial charge in [-0.2, -0.15) is 0 Å². The van der Waals surface area contributed by atoms with E-state index in [2.05, 4.69) is 21.4 Å². The molecule has 3 rings (SSSR count). The first-order valence-corrected chi connectivity index (χ1v) is 6.74. The Morgan fingerprint density at radius 1 is 1.16 bits per heavy atom. The van der Waals surface area contributed by atoms with Crippen molar-refractivity contribution in [3.63, 3.8) is 0 Å². The fourth-order valence-corrected chi connectivity index (χ4v) is 2.77. The molecule has 100 valence electrons. The summed E-state index contributed by atoms with van der Waals surface area (Å²) >= 11 is 0. The van der Waals surface area contributed by atoms with E-state index in [1.807, 2.05) is 12.3 Å². The predicted molar refractivity (Wildman–Crippen MR) is 71.2 cm³/mol. The first kappa shape index (κ1) is 12.0. The van der Waals surface area contributed by atoms with E-state index in [0.717, 1.165) is 5.56 Å². The van der Waals surface area contributed by atoms with Gasteiger partial charge in [0.1, 0.15) is 5.70 Å². The summed E-state index contributed by atoms with van der Waals surface area (Å²) in [6.07, 6.45) is 12.2. The zero-order valence-corrected chi connectivity index (χ0v) is 10.7. The van der Waals surface area contributed by atoms with E-state index in [1.54, 1.807) is 6.08 Å². The Morgan fingerprint density at radius 3 is 2.63 bits per heavy atom. The van der Waals surface area contributed by atoms with E-state index in [0.29, 0.717) is 11.7 Å². The highest BCUT2D eigenvalue weighted by Gasteiger charge is 2.23. The molecule has 1 aliphatic carbocycles. The Morgan fingerprint density at radius 2 is 1.95 bits per heavy atom. The maximum Gasteiger partial charge on any atom is 0.326 e. The molecule has 1 aromatic heterocycles. The van der Waals surface area contributed by atoms with Gasteiger partial charge in [0.05, 0.1) is 0 Å². The fourth-order valence-electron chi connectivity index (χ4n) is 2.77. The molecule has 1 saturated carbocycles. The molecule has 0 aromatic carbocycles. The maximum absolute atomic E-state index is 11.4. The molecule has 1 saturated heterocycles. The number of amides is 3. The Kier molecular flexibility index (Phi) is 3.11. The Labute approximate surface area is 111 Å². The average molecular weight is 259 g/mol. The zero-order valence-electron chi connectivity index (χ0n) is 10.7. The third-order valence-corrected chi connectivity index (χ3v) is 3.76. The molecule has 0 unspecified atom stereocenters. The van der Waals surface area contributed by atoms with Crippen LogP contribution >= 0.6 is 0 Å². The molecule has 0 bridgehead atoms.